The van der Waals surface area contributed by atoms with Crippen LogP contribution in [0.3, 0.4) is 0 Å². The smallest absolute Gasteiger partial charge is 0.0629 e. The van der Waals surface area contributed by atoms with Gasteiger partial charge in [-0.2, -0.15) is 5.26 Å². The van der Waals surface area contributed by atoms with Crippen LogP contribution in [0.2, 0.25) is 0 Å². The first-order chi connectivity index (χ1) is 6.96. The van der Waals surface area contributed by atoms with Crippen LogP contribution in [-0.2, 0) is 4.74 Å². The predicted molar refractivity (Wildman–Crippen MR) is 61.3 cm³/mol. The SMILES string of the molecule is CC(C)[C@@H](CC#N)[C@@H]1CCOC(C)(C)C1. The third kappa shape index (κ3) is 3.50. The Morgan fingerprint density at radius 3 is 2.60 bits per heavy atom. The largest absolute Gasteiger partial charge is 0.376 e. The Morgan fingerprint density at radius 2 is 2.13 bits per heavy atom. The standard InChI is InChI=1S/C13H23NO/c1-10(2)12(5-7-14)11-6-8-15-13(3,4)9-11/h10-12H,5-6,8-9H2,1-4H3/t11-,12-/m1/s1. The van der Waals surface area contributed by atoms with Gasteiger partial charge in [-0.3, -0.25) is 0 Å². The summed E-state index contributed by atoms with van der Waals surface area (Å²) in [5.41, 5.74) is 0.00547. The first-order valence-corrected chi connectivity index (χ1v) is 5.97. The summed E-state index contributed by atoms with van der Waals surface area (Å²) in [6.45, 7) is 9.62. The quantitative estimate of drug-likeness (QED) is 0.714. The fraction of sp³-hybridized carbons (Fsp3) is 0.923. The van der Waals surface area contributed by atoms with E-state index < -0.39 is 0 Å². The van der Waals surface area contributed by atoms with Crippen molar-refractivity contribution in [1.29, 1.82) is 5.26 Å². The van der Waals surface area contributed by atoms with Crippen molar-refractivity contribution in [2.75, 3.05) is 6.61 Å². The average molecular weight is 209 g/mol. The molecule has 0 aromatic heterocycles. The Balaban J connectivity index is 2.64. The summed E-state index contributed by atoms with van der Waals surface area (Å²) in [4.78, 5) is 0. The fourth-order valence-corrected chi connectivity index (χ4v) is 2.70. The first-order valence-electron chi connectivity index (χ1n) is 5.97. The van der Waals surface area contributed by atoms with Gasteiger partial charge in [0.15, 0.2) is 0 Å². The summed E-state index contributed by atoms with van der Waals surface area (Å²) in [7, 11) is 0. The molecule has 0 aromatic rings. The minimum Gasteiger partial charge on any atom is -0.376 e. The number of ether oxygens (including phenoxy) is 1. The van der Waals surface area contributed by atoms with Crippen LogP contribution in [0.4, 0.5) is 0 Å². The van der Waals surface area contributed by atoms with Gasteiger partial charge in [0.2, 0.25) is 0 Å². The second-order valence-corrected chi connectivity index (χ2v) is 5.63. The summed E-state index contributed by atoms with van der Waals surface area (Å²) in [6.07, 6.45) is 2.91. The van der Waals surface area contributed by atoms with Crippen molar-refractivity contribution in [3.63, 3.8) is 0 Å². The maximum Gasteiger partial charge on any atom is 0.0629 e. The monoisotopic (exact) mass is 209 g/mol. The van der Waals surface area contributed by atoms with Crippen LogP contribution in [-0.4, -0.2) is 12.2 Å². The second kappa shape index (κ2) is 4.99. The molecule has 0 spiro atoms. The minimum atomic E-state index is 0.00547. The summed E-state index contributed by atoms with van der Waals surface area (Å²) in [5, 5.41) is 8.87. The third-order valence-electron chi connectivity index (χ3n) is 3.52. The van der Waals surface area contributed by atoms with Crippen LogP contribution in [0.5, 0.6) is 0 Å². The molecule has 86 valence electrons. The van der Waals surface area contributed by atoms with Gasteiger partial charge in [0.1, 0.15) is 0 Å². The molecule has 1 aliphatic heterocycles. The topological polar surface area (TPSA) is 33.0 Å². The molecule has 2 nitrogen and oxygen atoms in total. The Bertz CT molecular complexity index is 239. The van der Waals surface area contributed by atoms with E-state index in [0.29, 0.717) is 24.2 Å². The maximum absolute atomic E-state index is 8.87. The maximum atomic E-state index is 8.87. The average Bonchev–Trinajstić information content (AvgIpc) is 2.11. The van der Waals surface area contributed by atoms with E-state index in [0.717, 1.165) is 19.4 Å². The highest BCUT2D eigenvalue weighted by molar-refractivity contribution is 4.88. The molecule has 1 heterocycles. The van der Waals surface area contributed by atoms with Crippen LogP contribution < -0.4 is 0 Å². The Morgan fingerprint density at radius 1 is 1.47 bits per heavy atom. The fourth-order valence-electron chi connectivity index (χ4n) is 2.70. The van der Waals surface area contributed by atoms with Crippen molar-refractivity contribution in [1.82, 2.24) is 0 Å². The number of rotatable bonds is 3. The predicted octanol–water partition coefficient (Wildman–Crippen LogP) is 3.38. The van der Waals surface area contributed by atoms with Crippen LogP contribution >= 0.6 is 0 Å². The molecule has 1 saturated heterocycles. The summed E-state index contributed by atoms with van der Waals surface area (Å²) in [6, 6.07) is 2.33. The van der Waals surface area contributed by atoms with Gasteiger partial charge in [0, 0.05) is 13.0 Å². The zero-order valence-corrected chi connectivity index (χ0v) is 10.4. The van der Waals surface area contributed by atoms with Crippen LogP contribution in [0, 0.1) is 29.1 Å². The van der Waals surface area contributed by atoms with E-state index in [2.05, 4.69) is 33.8 Å². The zero-order valence-electron chi connectivity index (χ0n) is 10.4. The van der Waals surface area contributed by atoms with E-state index in [1.165, 1.54) is 0 Å². The van der Waals surface area contributed by atoms with Gasteiger partial charge in [0.05, 0.1) is 11.7 Å². The highest BCUT2D eigenvalue weighted by Crippen LogP contribution is 2.37. The molecule has 2 atom stereocenters. The molecule has 0 unspecified atom stereocenters. The molecule has 2 heteroatoms. The lowest BCUT2D eigenvalue weighted by Crippen LogP contribution is -2.38. The van der Waals surface area contributed by atoms with E-state index in [9.17, 15) is 0 Å². The molecule has 0 aromatic carbocycles. The second-order valence-electron chi connectivity index (χ2n) is 5.63. The summed E-state index contributed by atoms with van der Waals surface area (Å²) >= 11 is 0. The molecule has 1 aliphatic rings. The van der Waals surface area contributed by atoms with Gasteiger partial charge in [-0.1, -0.05) is 13.8 Å². The minimum absolute atomic E-state index is 0.00547. The molecular weight excluding hydrogens is 186 g/mol. The van der Waals surface area contributed by atoms with Crippen molar-refractivity contribution in [3.05, 3.63) is 0 Å². The molecule has 0 aliphatic carbocycles. The summed E-state index contributed by atoms with van der Waals surface area (Å²) < 4.78 is 5.72. The molecule has 1 rings (SSSR count). The highest BCUT2D eigenvalue weighted by Gasteiger charge is 2.34. The zero-order chi connectivity index (χ0) is 11.5. The molecule has 15 heavy (non-hydrogen) atoms. The van der Waals surface area contributed by atoms with Crippen molar-refractivity contribution in [2.24, 2.45) is 17.8 Å². The molecular formula is C13H23NO. The van der Waals surface area contributed by atoms with Crippen molar-refractivity contribution >= 4 is 0 Å². The Hall–Kier alpha value is -0.550. The summed E-state index contributed by atoms with van der Waals surface area (Å²) in [5.74, 6) is 1.80. The van der Waals surface area contributed by atoms with Crippen molar-refractivity contribution in [2.45, 2.75) is 52.6 Å². The molecule has 0 saturated carbocycles. The third-order valence-corrected chi connectivity index (χ3v) is 3.52. The number of nitrogens with zero attached hydrogens (tertiary/aromatic N) is 1. The van der Waals surface area contributed by atoms with Gasteiger partial charge in [-0.05, 0) is 44.4 Å². The Kier molecular flexibility index (Phi) is 4.16. The lowest BCUT2D eigenvalue weighted by atomic mass is 9.74. The Labute approximate surface area is 93.6 Å². The van der Waals surface area contributed by atoms with Crippen molar-refractivity contribution < 1.29 is 4.74 Å². The van der Waals surface area contributed by atoms with E-state index in [-0.39, 0.29) is 5.60 Å². The molecule has 0 amide bonds. The van der Waals surface area contributed by atoms with Gasteiger partial charge in [-0.25, -0.2) is 0 Å². The first kappa shape index (κ1) is 12.5. The van der Waals surface area contributed by atoms with Gasteiger partial charge >= 0.3 is 0 Å². The lowest BCUT2D eigenvalue weighted by Gasteiger charge is -2.40. The van der Waals surface area contributed by atoms with E-state index in [4.69, 9.17) is 10.00 Å². The highest BCUT2D eigenvalue weighted by atomic mass is 16.5. The van der Waals surface area contributed by atoms with E-state index in [1.807, 2.05) is 0 Å². The van der Waals surface area contributed by atoms with Gasteiger partial charge < -0.3 is 4.74 Å². The molecule has 1 fully saturated rings. The van der Waals surface area contributed by atoms with Crippen molar-refractivity contribution in [3.8, 4) is 6.07 Å². The van der Waals surface area contributed by atoms with E-state index in [1.54, 1.807) is 0 Å². The molecule has 0 radical (unpaired) electrons. The molecule has 0 N–H and O–H groups in total. The van der Waals surface area contributed by atoms with Crippen LogP contribution in [0.15, 0.2) is 0 Å². The van der Waals surface area contributed by atoms with Gasteiger partial charge in [-0.15, -0.1) is 0 Å². The number of hydrogen-bond donors (Lipinski definition) is 0. The van der Waals surface area contributed by atoms with Crippen LogP contribution in [0.1, 0.15) is 47.0 Å². The molecule has 0 bridgehead atoms. The normalized spacial score (nSPS) is 27.3. The lowest BCUT2D eigenvalue weighted by molar-refractivity contribution is -0.0857. The number of hydrogen-bond acceptors (Lipinski definition) is 2. The van der Waals surface area contributed by atoms with Crippen LogP contribution in [0.25, 0.3) is 0 Å². The van der Waals surface area contributed by atoms with Gasteiger partial charge in [0.25, 0.3) is 0 Å². The van der Waals surface area contributed by atoms with E-state index >= 15 is 0 Å². The number of nitriles is 1.